The average Bonchev–Trinajstić information content (AvgIpc) is 2.49. The minimum absolute atomic E-state index is 0.00877. The van der Waals surface area contributed by atoms with Crippen LogP contribution in [0.2, 0.25) is 0 Å². The molecule has 2 aromatic rings. The minimum atomic E-state index is -3.87. The van der Waals surface area contributed by atoms with Gasteiger partial charge < -0.3 is 5.11 Å². The fourth-order valence-electron chi connectivity index (χ4n) is 2.52. The van der Waals surface area contributed by atoms with Crippen LogP contribution in [0, 0.1) is 13.8 Å². The van der Waals surface area contributed by atoms with Crippen molar-refractivity contribution in [3.63, 3.8) is 0 Å². The Morgan fingerprint density at radius 2 is 1.71 bits per heavy atom. The molecular formula is C17H18BrNO4S. The highest BCUT2D eigenvalue weighted by atomic mass is 79.9. The first-order chi connectivity index (χ1) is 11.2. The van der Waals surface area contributed by atoms with E-state index in [1.54, 1.807) is 19.1 Å². The molecule has 0 saturated carbocycles. The molecule has 0 aliphatic rings. The first kappa shape index (κ1) is 18.5. The first-order valence-corrected chi connectivity index (χ1v) is 9.55. The number of aromatic carboxylic acids is 1. The van der Waals surface area contributed by atoms with E-state index < -0.39 is 16.0 Å². The third-order valence-electron chi connectivity index (χ3n) is 3.76. The SMILES string of the molecule is CCN(c1ccc(C)cc1)S(=O)(=O)c1ccc(Br)c(C(=O)O)c1C. The van der Waals surface area contributed by atoms with Crippen LogP contribution in [0.4, 0.5) is 5.69 Å². The Morgan fingerprint density at radius 3 is 2.21 bits per heavy atom. The molecule has 0 radical (unpaired) electrons. The van der Waals surface area contributed by atoms with Gasteiger partial charge in [-0.05, 0) is 66.5 Å². The number of carboxylic acid groups (broad SMARTS) is 1. The molecule has 0 atom stereocenters. The molecule has 7 heteroatoms. The molecule has 0 bridgehead atoms. The number of aryl methyl sites for hydroxylation is 1. The number of sulfonamides is 1. The normalized spacial score (nSPS) is 11.3. The Hall–Kier alpha value is -1.86. The van der Waals surface area contributed by atoms with E-state index in [2.05, 4.69) is 15.9 Å². The fourth-order valence-corrected chi connectivity index (χ4v) is 4.83. The van der Waals surface area contributed by atoms with Crippen LogP contribution in [0.15, 0.2) is 45.8 Å². The summed E-state index contributed by atoms with van der Waals surface area (Å²) in [5.74, 6) is -1.17. The Bertz CT molecular complexity index is 876. The van der Waals surface area contributed by atoms with E-state index in [0.717, 1.165) is 5.56 Å². The molecule has 0 aromatic heterocycles. The van der Waals surface area contributed by atoms with E-state index in [9.17, 15) is 18.3 Å². The van der Waals surface area contributed by atoms with Gasteiger partial charge in [-0.1, -0.05) is 17.7 Å². The monoisotopic (exact) mass is 411 g/mol. The Balaban J connectivity index is 2.63. The topological polar surface area (TPSA) is 74.7 Å². The molecule has 0 aliphatic heterocycles. The van der Waals surface area contributed by atoms with Crippen molar-refractivity contribution in [2.24, 2.45) is 0 Å². The van der Waals surface area contributed by atoms with E-state index in [1.165, 1.54) is 23.4 Å². The summed E-state index contributed by atoms with van der Waals surface area (Å²) in [5, 5.41) is 9.34. The number of benzene rings is 2. The number of hydrogen-bond acceptors (Lipinski definition) is 3. The van der Waals surface area contributed by atoms with Gasteiger partial charge in [0.15, 0.2) is 0 Å². The molecule has 128 valence electrons. The molecule has 0 amide bonds. The molecule has 0 saturated heterocycles. The number of anilines is 1. The number of carbonyl (C=O) groups is 1. The lowest BCUT2D eigenvalue weighted by atomic mass is 10.1. The lowest BCUT2D eigenvalue weighted by Gasteiger charge is -2.24. The zero-order valence-corrected chi connectivity index (χ0v) is 16.0. The number of rotatable bonds is 5. The number of carboxylic acids is 1. The van der Waals surface area contributed by atoms with Crippen molar-refractivity contribution in [1.29, 1.82) is 0 Å². The molecule has 24 heavy (non-hydrogen) atoms. The van der Waals surface area contributed by atoms with Crippen LogP contribution in [-0.2, 0) is 10.0 Å². The van der Waals surface area contributed by atoms with Gasteiger partial charge in [-0.2, -0.15) is 0 Å². The van der Waals surface area contributed by atoms with Crippen molar-refractivity contribution in [3.8, 4) is 0 Å². The maximum Gasteiger partial charge on any atom is 0.337 e. The summed E-state index contributed by atoms with van der Waals surface area (Å²) in [5.41, 5.74) is 1.74. The molecule has 0 aliphatic carbocycles. The fraction of sp³-hybridized carbons (Fsp3) is 0.235. The maximum absolute atomic E-state index is 13.1. The summed E-state index contributed by atoms with van der Waals surface area (Å²) in [6.45, 7) is 5.41. The summed E-state index contributed by atoms with van der Waals surface area (Å²) < 4.78 is 27.8. The molecule has 0 heterocycles. The molecule has 0 spiro atoms. The van der Waals surface area contributed by atoms with Gasteiger partial charge in [0.05, 0.1) is 16.1 Å². The number of hydrogen-bond donors (Lipinski definition) is 1. The van der Waals surface area contributed by atoms with Crippen LogP contribution in [0.3, 0.4) is 0 Å². The largest absolute Gasteiger partial charge is 0.478 e. The Morgan fingerprint density at radius 1 is 1.12 bits per heavy atom. The molecule has 2 aromatic carbocycles. The summed E-state index contributed by atoms with van der Waals surface area (Å²) in [6, 6.07) is 10.0. The van der Waals surface area contributed by atoms with Gasteiger partial charge in [-0.15, -0.1) is 0 Å². The van der Waals surface area contributed by atoms with Crippen molar-refractivity contribution < 1.29 is 18.3 Å². The van der Waals surface area contributed by atoms with E-state index in [-0.39, 0.29) is 22.6 Å². The smallest absolute Gasteiger partial charge is 0.337 e. The van der Waals surface area contributed by atoms with Gasteiger partial charge >= 0.3 is 5.97 Å². The second-order valence-corrected chi connectivity index (χ2v) is 8.04. The van der Waals surface area contributed by atoms with E-state index in [4.69, 9.17) is 0 Å². The van der Waals surface area contributed by atoms with Gasteiger partial charge in [-0.25, -0.2) is 13.2 Å². The molecule has 2 rings (SSSR count). The standard InChI is InChI=1S/C17H18BrNO4S/c1-4-19(13-7-5-11(2)6-8-13)24(22,23)15-10-9-14(18)16(12(15)3)17(20)21/h5-10H,4H2,1-3H3,(H,20,21). The molecule has 0 fully saturated rings. The first-order valence-electron chi connectivity index (χ1n) is 7.32. The van der Waals surface area contributed by atoms with Gasteiger partial charge in [0.25, 0.3) is 10.0 Å². The highest BCUT2D eigenvalue weighted by molar-refractivity contribution is 9.10. The molecule has 5 nitrogen and oxygen atoms in total. The predicted molar refractivity (Wildman–Crippen MR) is 97.2 cm³/mol. The Kier molecular flexibility index (Phi) is 5.35. The highest BCUT2D eigenvalue weighted by Crippen LogP contribution is 2.30. The zero-order valence-electron chi connectivity index (χ0n) is 13.6. The van der Waals surface area contributed by atoms with Crippen LogP contribution in [0.5, 0.6) is 0 Å². The highest BCUT2D eigenvalue weighted by Gasteiger charge is 2.28. The number of nitrogens with zero attached hydrogens (tertiary/aromatic N) is 1. The molecule has 0 unspecified atom stereocenters. The quantitative estimate of drug-likeness (QED) is 0.806. The second-order valence-electron chi connectivity index (χ2n) is 5.36. The third-order valence-corrected chi connectivity index (χ3v) is 6.46. The van der Waals surface area contributed by atoms with Crippen LogP contribution >= 0.6 is 15.9 Å². The molecule has 1 N–H and O–H groups in total. The van der Waals surface area contributed by atoms with Crippen molar-refractivity contribution in [1.82, 2.24) is 0 Å². The van der Waals surface area contributed by atoms with Crippen LogP contribution in [-0.4, -0.2) is 26.0 Å². The zero-order chi connectivity index (χ0) is 18.1. The second kappa shape index (κ2) is 6.94. The summed E-state index contributed by atoms with van der Waals surface area (Å²) in [6.07, 6.45) is 0. The molecular weight excluding hydrogens is 394 g/mol. The van der Waals surface area contributed by atoms with Gasteiger partial charge in [-0.3, -0.25) is 4.31 Å². The van der Waals surface area contributed by atoms with E-state index in [0.29, 0.717) is 10.2 Å². The van der Waals surface area contributed by atoms with Gasteiger partial charge in [0.2, 0.25) is 0 Å². The van der Waals surface area contributed by atoms with Crippen LogP contribution < -0.4 is 4.31 Å². The van der Waals surface area contributed by atoms with E-state index >= 15 is 0 Å². The van der Waals surface area contributed by atoms with Crippen molar-refractivity contribution in [2.75, 3.05) is 10.8 Å². The lowest BCUT2D eigenvalue weighted by Crippen LogP contribution is -2.31. The van der Waals surface area contributed by atoms with Crippen LogP contribution in [0.25, 0.3) is 0 Å². The van der Waals surface area contributed by atoms with Gasteiger partial charge in [0.1, 0.15) is 0 Å². The average molecular weight is 412 g/mol. The summed E-state index contributed by atoms with van der Waals surface area (Å²) in [4.78, 5) is 11.4. The lowest BCUT2D eigenvalue weighted by molar-refractivity contribution is 0.0695. The third kappa shape index (κ3) is 3.32. The minimum Gasteiger partial charge on any atom is -0.478 e. The van der Waals surface area contributed by atoms with Crippen molar-refractivity contribution in [3.05, 3.63) is 57.6 Å². The van der Waals surface area contributed by atoms with Crippen molar-refractivity contribution >= 4 is 37.6 Å². The maximum atomic E-state index is 13.1. The van der Waals surface area contributed by atoms with Crippen LogP contribution in [0.1, 0.15) is 28.4 Å². The predicted octanol–water partition coefficient (Wildman–Crippen LogP) is 3.98. The van der Waals surface area contributed by atoms with Crippen molar-refractivity contribution in [2.45, 2.75) is 25.7 Å². The summed E-state index contributed by atoms with van der Waals surface area (Å²) in [7, 11) is -3.87. The van der Waals surface area contributed by atoms with E-state index in [1.807, 2.05) is 19.1 Å². The Labute approximate surface area is 150 Å². The number of halogens is 1. The summed E-state index contributed by atoms with van der Waals surface area (Å²) >= 11 is 3.17. The van der Waals surface area contributed by atoms with Gasteiger partial charge in [0, 0.05) is 11.0 Å².